The van der Waals surface area contributed by atoms with Gasteiger partial charge < -0.3 is 14.8 Å². The highest BCUT2D eigenvalue weighted by atomic mass is 16.5. The molecule has 0 spiro atoms. The zero-order chi connectivity index (χ0) is 15.9. The molecule has 1 N–H and O–H groups in total. The van der Waals surface area contributed by atoms with Crippen molar-refractivity contribution in [3.63, 3.8) is 0 Å². The molecule has 4 nitrogen and oxygen atoms in total. The van der Waals surface area contributed by atoms with Gasteiger partial charge in [0.2, 0.25) is 0 Å². The lowest BCUT2D eigenvalue weighted by Gasteiger charge is -2.18. The Labute approximate surface area is 131 Å². The molecule has 0 saturated heterocycles. The fourth-order valence-electron chi connectivity index (χ4n) is 2.33. The highest BCUT2D eigenvalue weighted by Crippen LogP contribution is 2.22. The average Bonchev–Trinajstić information content (AvgIpc) is 2.59. The molecule has 0 heterocycles. The largest absolute Gasteiger partial charge is 0.497 e. The second-order valence-corrected chi connectivity index (χ2v) is 4.91. The third-order valence-corrected chi connectivity index (χ3v) is 3.58. The molecule has 0 aliphatic rings. The van der Waals surface area contributed by atoms with E-state index in [4.69, 9.17) is 9.47 Å². The predicted molar refractivity (Wildman–Crippen MR) is 86.5 cm³/mol. The van der Waals surface area contributed by atoms with Crippen molar-refractivity contribution in [3.05, 3.63) is 59.7 Å². The van der Waals surface area contributed by atoms with Crippen LogP contribution >= 0.6 is 0 Å². The third kappa shape index (κ3) is 3.58. The number of carbonyl (C=O) groups excluding carboxylic acids is 1. The van der Waals surface area contributed by atoms with Gasteiger partial charge in [-0.05, 0) is 36.2 Å². The summed E-state index contributed by atoms with van der Waals surface area (Å²) in [4.78, 5) is 12.5. The van der Waals surface area contributed by atoms with E-state index in [0.717, 1.165) is 17.7 Å². The second kappa shape index (κ2) is 7.50. The SMILES string of the molecule is CCC(NC(=O)c1ccccc1OC)c1ccc(OC)cc1. The zero-order valence-electron chi connectivity index (χ0n) is 13.1. The Hall–Kier alpha value is -2.49. The molecule has 1 atom stereocenters. The summed E-state index contributed by atoms with van der Waals surface area (Å²) in [6.45, 7) is 2.04. The lowest BCUT2D eigenvalue weighted by molar-refractivity contribution is 0.0932. The van der Waals surface area contributed by atoms with Crippen LogP contribution in [0.25, 0.3) is 0 Å². The Balaban J connectivity index is 2.16. The quantitative estimate of drug-likeness (QED) is 0.887. The number of hydrogen-bond acceptors (Lipinski definition) is 3. The van der Waals surface area contributed by atoms with Gasteiger partial charge in [-0.3, -0.25) is 4.79 Å². The summed E-state index contributed by atoms with van der Waals surface area (Å²) in [7, 11) is 3.20. The van der Waals surface area contributed by atoms with E-state index < -0.39 is 0 Å². The molecular weight excluding hydrogens is 278 g/mol. The molecule has 0 aliphatic carbocycles. The third-order valence-electron chi connectivity index (χ3n) is 3.58. The fourth-order valence-corrected chi connectivity index (χ4v) is 2.33. The van der Waals surface area contributed by atoms with Gasteiger partial charge in [0.05, 0.1) is 25.8 Å². The maximum Gasteiger partial charge on any atom is 0.255 e. The van der Waals surface area contributed by atoms with Crippen LogP contribution in [0.2, 0.25) is 0 Å². The molecule has 0 saturated carbocycles. The van der Waals surface area contributed by atoms with Gasteiger partial charge in [-0.2, -0.15) is 0 Å². The van der Waals surface area contributed by atoms with Gasteiger partial charge >= 0.3 is 0 Å². The van der Waals surface area contributed by atoms with E-state index in [1.165, 1.54) is 0 Å². The van der Waals surface area contributed by atoms with Crippen LogP contribution in [0.15, 0.2) is 48.5 Å². The maximum absolute atomic E-state index is 12.5. The number of rotatable bonds is 6. The summed E-state index contributed by atoms with van der Waals surface area (Å²) in [5, 5.41) is 3.05. The summed E-state index contributed by atoms with van der Waals surface area (Å²) in [5.41, 5.74) is 1.59. The number of amides is 1. The Morgan fingerprint density at radius 1 is 1.05 bits per heavy atom. The van der Waals surface area contributed by atoms with E-state index in [-0.39, 0.29) is 11.9 Å². The van der Waals surface area contributed by atoms with E-state index in [2.05, 4.69) is 5.32 Å². The minimum atomic E-state index is -0.139. The van der Waals surface area contributed by atoms with Gasteiger partial charge in [0.1, 0.15) is 11.5 Å². The van der Waals surface area contributed by atoms with Crippen LogP contribution < -0.4 is 14.8 Å². The molecule has 116 valence electrons. The predicted octanol–water partition coefficient (Wildman–Crippen LogP) is 3.58. The van der Waals surface area contributed by atoms with Crippen molar-refractivity contribution in [2.24, 2.45) is 0 Å². The van der Waals surface area contributed by atoms with E-state index in [9.17, 15) is 4.79 Å². The smallest absolute Gasteiger partial charge is 0.255 e. The van der Waals surface area contributed by atoms with Crippen molar-refractivity contribution in [1.82, 2.24) is 5.32 Å². The molecule has 2 aromatic rings. The molecule has 0 bridgehead atoms. The van der Waals surface area contributed by atoms with E-state index in [0.29, 0.717) is 11.3 Å². The lowest BCUT2D eigenvalue weighted by Crippen LogP contribution is -2.28. The molecule has 2 rings (SSSR count). The van der Waals surface area contributed by atoms with Gasteiger partial charge in [-0.15, -0.1) is 0 Å². The summed E-state index contributed by atoms with van der Waals surface area (Å²) in [6, 6.07) is 14.9. The Bertz CT molecular complexity index is 622. The molecule has 1 amide bonds. The number of ether oxygens (including phenoxy) is 2. The Morgan fingerprint density at radius 2 is 1.73 bits per heavy atom. The first-order valence-electron chi connectivity index (χ1n) is 7.27. The molecule has 2 aromatic carbocycles. The van der Waals surface area contributed by atoms with E-state index >= 15 is 0 Å². The van der Waals surface area contributed by atoms with Crippen LogP contribution in [0.1, 0.15) is 35.3 Å². The number of nitrogens with one attached hydrogen (secondary N) is 1. The highest BCUT2D eigenvalue weighted by Gasteiger charge is 2.17. The van der Waals surface area contributed by atoms with Gasteiger partial charge in [0.15, 0.2) is 0 Å². The first-order valence-corrected chi connectivity index (χ1v) is 7.27. The van der Waals surface area contributed by atoms with Crippen LogP contribution in [-0.4, -0.2) is 20.1 Å². The molecule has 0 fully saturated rings. The van der Waals surface area contributed by atoms with Crippen molar-refractivity contribution in [2.45, 2.75) is 19.4 Å². The number of methoxy groups -OCH3 is 2. The highest BCUT2D eigenvalue weighted by molar-refractivity contribution is 5.97. The standard InChI is InChI=1S/C18H21NO3/c1-4-16(13-9-11-14(21-2)12-10-13)19-18(20)15-7-5-6-8-17(15)22-3/h5-12,16H,4H2,1-3H3,(H,19,20). The molecule has 0 radical (unpaired) electrons. The molecule has 4 heteroatoms. The van der Waals surface area contributed by atoms with Crippen molar-refractivity contribution in [2.75, 3.05) is 14.2 Å². The van der Waals surface area contributed by atoms with Crippen LogP contribution in [0.4, 0.5) is 0 Å². The number of carbonyl (C=O) groups is 1. The topological polar surface area (TPSA) is 47.6 Å². The normalized spacial score (nSPS) is 11.6. The fraction of sp³-hybridized carbons (Fsp3) is 0.278. The Morgan fingerprint density at radius 3 is 2.32 bits per heavy atom. The summed E-state index contributed by atoms with van der Waals surface area (Å²) < 4.78 is 10.4. The molecule has 1 unspecified atom stereocenters. The van der Waals surface area contributed by atoms with Gasteiger partial charge in [-0.1, -0.05) is 31.2 Å². The van der Waals surface area contributed by atoms with E-state index in [1.807, 2.05) is 43.3 Å². The lowest BCUT2D eigenvalue weighted by atomic mass is 10.0. The summed E-state index contributed by atoms with van der Waals surface area (Å²) in [5.74, 6) is 1.24. The van der Waals surface area contributed by atoms with Gasteiger partial charge in [0.25, 0.3) is 5.91 Å². The molecular formula is C18H21NO3. The molecule has 22 heavy (non-hydrogen) atoms. The summed E-state index contributed by atoms with van der Waals surface area (Å²) >= 11 is 0. The number of para-hydroxylation sites is 1. The first kappa shape index (κ1) is 15.9. The van der Waals surface area contributed by atoms with Crippen molar-refractivity contribution >= 4 is 5.91 Å². The summed E-state index contributed by atoms with van der Waals surface area (Å²) in [6.07, 6.45) is 0.799. The monoisotopic (exact) mass is 299 g/mol. The van der Waals surface area contributed by atoms with Gasteiger partial charge in [0, 0.05) is 0 Å². The maximum atomic E-state index is 12.5. The second-order valence-electron chi connectivity index (χ2n) is 4.91. The van der Waals surface area contributed by atoms with Crippen LogP contribution in [-0.2, 0) is 0 Å². The van der Waals surface area contributed by atoms with Crippen LogP contribution in [0.3, 0.4) is 0 Å². The average molecular weight is 299 g/mol. The van der Waals surface area contributed by atoms with Crippen molar-refractivity contribution < 1.29 is 14.3 Å². The minimum Gasteiger partial charge on any atom is -0.497 e. The van der Waals surface area contributed by atoms with Crippen molar-refractivity contribution in [3.8, 4) is 11.5 Å². The first-order chi connectivity index (χ1) is 10.7. The van der Waals surface area contributed by atoms with Crippen LogP contribution in [0, 0.1) is 0 Å². The zero-order valence-corrected chi connectivity index (χ0v) is 13.1. The number of benzene rings is 2. The number of hydrogen-bond donors (Lipinski definition) is 1. The van der Waals surface area contributed by atoms with Crippen LogP contribution in [0.5, 0.6) is 11.5 Å². The molecule has 0 aliphatic heterocycles. The van der Waals surface area contributed by atoms with Gasteiger partial charge in [-0.25, -0.2) is 0 Å². The Kier molecular flexibility index (Phi) is 5.42. The van der Waals surface area contributed by atoms with Crippen molar-refractivity contribution in [1.29, 1.82) is 0 Å². The minimum absolute atomic E-state index is 0.0525. The van der Waals surface area contributed by atoms with E-state index in [1.54, 1.807) is 26.4 Å². The molecule has 0 aromatic heterocycles.